The molecule has 0 bridgehead atoms. The zero-order chi connectivity index (χ0) is 18.4. The van der Waals surface area contributed by atoms with Crippen LogP contribution in [-0.4, -0.2) is 21.9 Å². The molecule has 8 heteroatoms. The Labute approximate surface area is 163 Å². The molecule has 0 saturated carbocycles. The second kappa shape index (κ2) is 9.16. The number of anilines is 1. The van der Waals surface area contributed by atoms with Gasteiger partial charge in [-0.05, 0) is 35.6 Å². The van der Waals surface area contributed by atoms with Crippen LogP contribution in [0.15, 0.2) is 63.3 Å². The largest absolute Gasteiger partial charge is 0.325 e. The molecule has 26 heavy (non-hydrogen) atoms. The number of thioether (sulfide) groups is 2. The van der Waals surface area contributed by atoms with E-state index in [2.05, 4.69) is 22.4 Å². The van der Waals surface area contributed by atoms with Crippen LogP contribution in [0.4, 0.5) is 10.1 Å². The molecule has 1 N–H and O–H groups in total. The molecule has 134 valence electrons. The zero-order valence-electron chi connectivity index (χ0n) is 13.9. The van der Waals surface area contributed by atoms with E-state index in [1.165, 1.54) is 35.2 Å². The number of carbonyl (C=O) groups is 1. The Morgan fingerprint density at radius 3 is 2.50 bits per heavy atom. The van der Waals surface area contributed by atoms with Crippen molar-refractivity contribution in [3.63, 3.8) is 0 Å². The fourth-order valence-corrected chi connectivity index (χ4v) is 5.28. The van der Waals surface area contributed by atoms with Gasteiger partial charge in [-0.3, -0.25) is 4.79 Å². The first kappa shape index (κ1) is 18.9. The van der Waals surface area contributed by atoms with Crippen LogP contribution in [0.5, 0.6) is 0 Å². The lowest BCUT2D eigenvalue weighted by molar-refractivity contribution is -0.115. The van der Waals surface area contributed by atoms with Crippen molar-refractivity contribution in [3.8, 4) is 0 Å². The molecule has 1 amide bonds. The van der Waals surface area contributed by atoms with E-state index < -0.39 is 5.25 Å². The van der Waals surface area contributed by atoms with Crippen LogP contribution in [0.3, 0.4) is 0 Å². The Morgan fingerprint density at radius 2 is 1.81 bits per heavy atom. The van der Waals surface area contributed by atoms with E-state index in [1.807, 2.05) is 30.3 Å². The van der Waals surface area contributed by atoms with Crippen LogP contribution in [0.1, 0.15) is 17.7 Å². The Bertz CT molecular complexity index is 856. The van der Waals surface area contributed by atoms with E-state index in [0.29, 0.717) is 5.69 Å². The smallest absolute Gasteiger partial charge is 0.242 e. The lowest BCUT2D eigenvalue weighted by Gasteiger charge is -2.15. The third kappa shape index (κ3) is 5.06. The third-order valence-corrected chi connectivity index (χ3v) is 6.60. The summed E-state index contributed by atoms with van der Waals surface area (Å²) in [4.78, 5) is 12.9. The fourth-order valence-electron chi connectivity index (χ4n) is 2.17. The summed E-state index contributed by atoms with van der Waals surface area (Å²) in [7, 11) is 0. The van der Waals surface area contributed by atoms with Gasteiger partial charge < -0.3 is 5.32 Å². The van der Waals surface area contributed by atoms with E-state index in [1.54, 1.807) is 23.9 Å². The molecule has 0 fully saturated rings. The number of hydrogen-bond donors (Lipinski definition) is 1. The van der Waals surface area contributed by atoms with Gasteiger partial charge in [-0.25, -0.2) is 4.39 Å². The molecule has 0 unspecified atom stereocenters. The molecule has 0 aliphatic carbocycles. The summed E-state index contributed by atoms with van der Waals surface area (Å²) in [5.41, 5.74) is 1.43. The van der Waals surface area contributed by atoms with Crippen molar-refractivity contribution in [3.05, 3.63) is 66.0 Å². The lowest BCUT2D eigenvalue weighted by Crippen LogP contribution is -2.19. The van der Waals surface area contributed by atoms with E-state index in [-0.39, 0.29) is 11.7 Å². The highest BCUT2D eigenvalue weighted by Crippen LogP contribution is 2.39. The van der Waals surface area contributed by atoms with Gasteiger partial charge in [0.1, 0.15) is 11.1 Å². The minimum atomic E-state index is -0.478. The van der Waals surface area contributed by atoms with Crippen molar-refractivity contribution in [1.29, 1.82) is 0 Å². The number of rotatable bonds is 7. The molecule has 3 aromatic rings. The summed E-state index contributed by atoms with van der Waals surface area (Å²) in [6.07, 6.45) is 0. The molecule has 1 atom stereocenters. The van der Waals surface area contributed by atoms with Crippen molar-refractivity contribution in [1.82, 2.24) is 10.2 Å². The molecule has 1 heterocycles. The Balaban J connectivity index is 1.80. The summed E-state index contributed by atoms with van der Waals surface area (Å²) >= 11 is 4.47. The SMILES string of the molecule is CCSc1nnc(S[C@H](C(=O)Nc2ccc(F)cc2)c2ccccc2)s1. The van der Waals surface area contributed by atoms with Gasteiger partial charge in [0.2, 0.25) is 5.91 Å². The number of halogens is 1. The van der Waals surface area contributed by atoms with Gasteiger partial charge in [-0.15, -0.1) is 10.2 Å². The molecule has 1 aromatic heterocycles. The number of nitrogens with one attached hydrogen (secondary N) is 1. The van der Waals surface area contributed by atoms with Crippen molar-refractivity contribution in [2.24, 2.45) is 0 Å². The van der Waals surface area contributed by atoms with E-state index in [0.717, 1.165) is 20.0 Å². The molecule has 0 spiro atoms. The predicted octanol–water partition coefficient (Wildman–Crippen LogP) is 5.26. The number of aromatic nitrogens is 2. The van der Waals surface area contributed by atoms with Gasteiger partial charge in [0.05, 0.1) is 0 Å². The van der Waals surface area contributed by atoms with Crippen LogP contribution in [0.25, 0.3) is 0 Å². The fraction of sp³-hybridized carbons (Fsp3) is 0.167. The molecule has 0 aliphatic heterocycles. The molecular weight excluding hydrogens is 389 g/mol. The monoisotopic (exact) mass is 405 g/mol. The first-order chi connectivity index (χ1) is 12.7. The van der Waals surface area contributed by atoms with Gasteiger partial charge in [0, 0.05) is 5.69 Å². The molecule has 2 aromatic carbocycles. The number of carbonyl (C=O) groups excluding carboxylic acids is 1. The summed E-state index contributed by atoms with van der Waals surface area (Å²) in [5, 5.41) is 10.7. The second-order valence-electron chi connectivity index (χ2n) is 5.17. The van der Waals surface area contributed by atoms with Gasteiger partial charge in [0.15, 0.2) is 8.68 Å². The Hall–Kier alpha value is -1.90. The van der Waals surface area contributed by atoms with Gasteiger partial charge in [-0.1, -0.05) is 72.1 Å². The highest BCUT2D eigenvalue weighted by atomic mass is 32.2. The van der Waals surface area contributed by atoms with Gasteiger partial charge in [-0.2, -0.15) is 0 Å². The molecule has 0 aliphatic rings. The number of amides is 1. The first-order valence-corrected chi connectivity index (χ1v) is 10.6. The molecule has 3 rings (SSSR count). The third-order valence-electron chi connectivity index (χ3n) is 3.33. The zero-order valence-corrected chi connectivity index (χ0v) is 16.3. The minimum Gasteiger partial charge on any atom is -0.325 e. The van der Waals surface area contributed by atoms with Crippen LogP contribution >= 0.6 is 34.9 Å². The minimum absolute atomic E-state index is 0.187. The van der Waals surface area contributed by atoms with Crippen LogP contribution < -0.4 is 5.32 Å². The van der Waals surface area contributed by atoms with Gasteiger partial charge in [0.25, 0.3) is 0 Å². The van der Waals surface area contributed by atoms with Gasteiger partial charge >= 0.3 is 0 Å². The average molecular weight is 406 g/mol. The molecule has 4 nitrogen and oxygen atoms in total. The highest BCUT2D eigenvalue weighted by Gasteiger charge is 2.24. The van der Waals surface area contributed by atoms with Crippen LogP contribution in [0.2, 0.25) is 0 Å². The van der Waals surface area contributed by atoms with Crippen LogP contribution in [0, 0.1) is 5.82 Å². The Kier molecular flexibility index (Phi) is 6.65. The molecule has 0 saturated heterocycles. The maximum atomic E-state index is 13.1. The highest BCUT2D eigenvalue weighted by molar-refractivity contribution is 8.03. The topological polar surface area (TPSA) is 54.9 Å². The number of benzene rings is 2. The van der Waals surface area contributed by atoms with Crippen molar-refractivity contribution < 1.29 is 9.18 Å². The van der Waals surface area contributed by atoms with Crippen molar-refractivity contribution in [2.45, 2.75) is 20.9 Å². The summed E-state index contributed by atoms with van der Waals surface area (Å²) < 4.78 is 14.7. The molecular formula is C18H16FN3OS3. The molecule has 0 radical (unpaired) electrons. The summed E-state index contributed by atoms with van der Waals surface area (Å²) in [6, 6.07) is 15.2. The van der Waals surface area contributed by atoms with Crippen molar-refractivity contribution >= 4 is 46.5 Å². The maximum Gasteiger partial charge on any atom is 0.242 e. The first-order valence-electron chi connectivity index (χ1n) is 7.90. The number of nitrogens with zero attached hydrogens (tertiary/aromatic N) is 2. The predicted molar refractivity (Wildman–Crippen MR) is 106 cm³/mol. The van der Waals surface area contributed by atoms with Crippen molar-refractivity contribution in [2.75, 3.05) is 11.1 Å². The van der Waals surface area contributed by atoms with Crippen LogP contribution in [-0.2, 0) is 4.79 Å². The maximum absolute atomic E-state index is 13.1. The van der Waals surface area contributed by atoms with E-state index in [4.69, 9.17) is 0 Å². The number of hydrogen-bond acceptors (Lipinski definition) is 6. The van der Waals surface area contributed by atoms with E-state index >= 15 is 0 Å². The second-order valence-corrected chi connectivity index (χ2v) is 9.01. The average Bonchev–Trinajstić information content (AvgIpc) is 3.10. The standard InChI is InChI=1S/C18H16FN3OS3/c1-2-24-17-21-22-18(26-17)25-15(12-6-4-3-5-7-12)16(23)20-14-10-8-13(19)9-11-14/h3-11,15H,2H2,1H3,(H,20,23)/t15-/m0/s1. The normalized spacial score (nSPS) is 11.9. The van der Waals surface area contributed by atoms with E-state index in [9.17, 15) is 9.18 Å². The summed E-state index contributed by atoms with van der Waals surface area (Å²) in [6.45, 7) is 2.06. The lowest BCUT2D eigenvalue weighted by atomic mass is 10.1. The summed E-state index contributed by atoms with van der Waals surface area (Å²) in [5.74, 6) is 0.395. The quantitative estimate of drug-likeness (QED) is 0.543. The Morgan fingerprint density at radius 1 is 1.12 bits per heavy atom.